The lowest BCUT2D eigenvalue weighted by Gasteiger charge is -2.45. The highest BCUT2D eigenvalue weighted by molar-refractivity contribution is 6.12. The van der Waals surface area contributed by atoms with E-state index in [0.29, 0.717) is 84.5 Å². The Morgan fingerprint density at radius 2 is 1.54 bits per heavy atom. The van der Waals surface area contributed by atoms with Crippen LogP contribution in [0.25, 0.3) is 22.3 Å². The molecule has 8 amide bonds. The highest BCUT2D eigenvalue weighted by atomic mass is 19.1. The minimum absolute atomic E-state index is 0.0196. The van der Waals surface area contributed by atoms with E-state index in [1.807, 2.05) is 13.0 Å². The van der Waals surface area contributed by atoms with Crippen molar-refractivity contribution in [1.82, 2.24) is 45.9 Å². The summed E-state index contributed by atoms with van der Waals surface area (Å²) in [6.07, 6.45) is 8.55. The Hall–Kier alpha value is -7.94. The van der Waals surface area contributed by atoms with Crippen molar-refractivity contribution in [1.29, 1.82) is 0 Å². The van der Waals surface area contributed by atoms with Crippen LogP contribution in [-0.2, 0) is 73.7 Å². The molecule has 3 aliphatic heterocycles. The molecule has 2 aliphatic carbocycles. The monoisotopic (exact) mass is 1080 g/mol. The summed E-state index contributed by atoms with van der Waals surface area (Å²) in [5, 5.41) is 13.4. The van der Waals surface area contributed by atoms with Crippen molar-refractivity contribution in [2.45, 2.75) is 128 Å². The number of fused-ring (bicyclic) bond motifs is 4. The Kier molecular flexibility index (Phi) is 17.2. The van der Waals surface area contributed by atoms with E-state index in [-0.39, 0.29) is 68.3 Å². The van der Waals surface area contributed by atoms with Crippen LogP contribution in [0.2, 0.25) is 0 Å². The molecule has 2 aromatic carbocycles. The van der Waals surface area contributed by atoms with E-state index in [0.717, 1.165) is 51.8 Å². The molecule has 5 aliphatic rings. The number of aromatic nitrogens is 2. The molecule has 20 nitrogen and oxygen atoms in total. The van der Waals surface area contributed by atoms with Crippen molar-refractivity contribution in [2.24, 2.45) is 5.92 Å². The second-order valence-corrected chi connectivity index (χ2v) is 21.1. The molecule has 0 radical (unpaired) electrons. The average molecular weight is 1080 g/mol. The number of unbranched alkanes of at least 4 members (excludes halogenated alkanes) is 2. The maximum absolute atomic E-state index is 15.6. The number of carbonyl (C=O) groups excluding carboxylic acids is 9. The van der Waals surface area contributed by atoms with Crippen molar-refractivity contribution in [2.75, 3.05) is 39.5 Å². The number of nitrogens with one attached hydrogen (secondary N) is 5. The van der Waals surface area contributed by atoms with Gasteiger partial charge >= 0.3 is 0 Å². The predicted octanol–water partition coefficient (Wildman–Crippen LogP) is 3.15. The van der Waals surface area contributed by atoms with Gasteiger partial charge in [-0.1, -0.05) is 62.9 Å². The van der Waals surface area contributed by atoms with Gasteiger partial charge in [0, 0.05) is 60.0 Å². The fourth-order valence-corrected chi connectivity index (χ4v) is 11.5. The Balaban J connectivity index is 0.770. The number of amides is 8. The second kappa shape index (κ2) is 24.4. The smallest absolute Gasteiger partial charge is 0.254 e. The number of pyridine rings is 2. The fourth-order valence-electron chi connectivity index (χ4n) is 11.5. The van der Waals surface area contributed by atoms with Crippen LogP contribution in [-0.4, -0.2) is 124 Å². The van der Waals surface area contributed by atoms with E-state index in [9.17, 15) is 47.9 Å². The number of likely N-dealkylation sites (tertiary alicyclic amines) is 1. The van der Waals surface area contributed by atoms with Crippen molar-refractivity contribution in [3.63, 3.8) is 0 Å². The number of ketones is 1. The average Bonchev–Trinajstić information content (AvgIpc) is 4.08. The molecular formula is C58H66FN9O11. The number of nitrogens with zero attached hydrogens (tertiary/aromatic N) is 4. The first kappa shape index (κ1) is 55.8. The third-order valence-electron chi connectivity index (χ3n) is 16.0. The Bertz CT molecular complexity index is 3210. The molecule has 79 heavy (non-hydrogen) atoms. The van der Waals surface area contributed by atoms with Crippen LogP contribution >= 0.6 is 0 Å². The summed E-state index contributed by atoms with van der Waals surface area (Å²) in [6, 6.07) is 10.6. The van der Waals surface area contributed by atoms with Gasteiger partial charge in [-0.25, -0.2) is 9.37 Å². The first-order valence-corrected chi connectivity index (χ1v) is 27.3. The van der Waals surface area contributed by atoms with E-state index >= 15 is 4.39 Å². The molecule has 4 aromatic rings. The van der Waals surface area contributed by atoms with Gasteiger partial charge in [-0.2, -0.15) is 0 Å². The van der Waals surface area contributed by atoms with Crippen LogP contribution < -0.4 is 32.1 Å². The van der Waals surface area contributed by atoms with Gasteiger partial charge in [0.2, 0.25) is 29.5 Å². The standard InChI is InChI=1S/C58H66FN9O11/c1-4-36(33(3)69)38-24-45-55-40(29-67(45)57(77)39(38)22-34-14-11-15-34)54-44(18-17-37-32(2)41(59)25-42(65-55)53(37)54)68-30-46(58(68)78)79-31-63-49(72)27-62-56(76)43(23-35-12-7-5-8-13-35)64-50(73)28-61-48(71)26-60-47(70)16-9-6-10-21-66-51(74)19-20-52(66)75/h5,7-8,12-13,19-20,24-25,34,36,43-44,46H,4,6,9-11,14-18,21-23,26-31H2,1-3H3,(H,60,70)(H,61,71)(H,62,76)(H,63,72)(H,64,73)/t36-,43-,44-,46?/m0/s1. The molecule has 1 unspecified atom stereocenters. The van der Waals surface area contributed by atoms with Gasteiger partial charge < -0.3 is 40.8 Å². The maximum atomic E-state index is 15.6. The van der Waals surface area contributed by atoms with Gasteiger partial charge in [0.25, 0.3) is 23.3 Å². The summed E-state index contributed by atoms with van der Waals surface area (Å²) in [5.41, 5.74) is 6.44. The summed E-state index contributed by atoms with van der Waals surface area (Å²) >= 11 is 0. The number of hydrogen-bond acceptors (Lipinski definition) is 12. The molecule has 416 valence electrons. The third kappa shape index (κ3) is 12.2. The molecule has 0 bridgehead atoms. The molecule has 1 saturated carbocycles. The largest absolute Gasteiger partial charge is 0.347 e. The number of halogens is 1. The molecule has 4 atom stereocenters. The van der Waals surface area contributed by atoms with Gasteiger partial charge in [0.15, 0.2) is 6.10 Å². The van der Waals surface area contributed by atoms with E-state index < -0.39 is 79.1 Å². The maximum Gasteiger partial charge on any atom is 0.254 e. The summed E-state index contributed by atoms with van der Waals surface area (Å²) in [7, 11) is 0. The zero-order valence-electron chi connectivity index (χ0n) is 44.7. The number of Topliss-reactive ketones (excluding diaryl/α,β-unsaturated/α-hetero) is 1. The number of rotatable bonds is 25. The first-order valence-electron chi connectivity index (χ1n) is 27.3. The molecule has 5 N–H and O–H groups in total. The van der Waals surface area contributed by atoms with E-state index in [1.54, 1.807) is 53.6 Å². The van der Waals surface area contributed by atoms with E-state index in [1.165, 1.54) is 18.2 Å². The van der Waals surface area contributed by atoms with Gasteiger partial charge in [-0.15, -0.1) is 0 Å². The van der Waals surface area contributed by atoms with Crippen LogP contribution in [0.15, 0.2) is 59.4 Å². The zero-order chi connectivity index (χ0) is 56.1. The minimum atomic E-state index is -1.15. The topological polar surface area (TPSA) is 264 Å². The highest BCUT2D eigenvalue weighted by Gasteiger charge is 2.46. The summed E-state index contributed by atoms with van der Waals surface area (Å²) in [4.78, 5) is 137. The minimum Gasteiger partial charge on any atom is -0.347 e. The van der Waals surface area contributed by atoms with E-state index in [4.69, 9.17) is 9.72 Å². The number of aryl methyl sites for hydroxylation is 1. The number of carbonyl (C=O) groups is 9. The Morgan fingerprint density at radius 1 is 0.835 bits per heavy atom. The lowest BCUT2D eigenvalue weighted by Crippen LogP contribution is -2.59. The van der Waals surface area contributed by atoms with Crippen LogP contribution in [0, 0.1) is 18.7 Å². The number of hydrogen-bond donors (Lipinski definition) is 5. The van der Waals surface area contributed by atoms with Crippen LogP contribution in [0.3, 0.4) is 0 Å². The molecule has 21 heteroatoms. The SMILES string of the molecule is CC[C@@H](C(C)=O)c1cc2n(c(=O)c1CC1CCC1)Cc1c-2nc2cc(F)c(C)c3c2c1[C@@H](N1CC(OCNC(=O)CNC(=O)[C@H](Cc2ccccc2)NC(=O)CNC(=O)CNC(=O)CCCCCN2C(=O)C=CC2=O)C1=O)CC3. The molecule has 2 fully saturated rings. The number of imide groups is 1. The molecular weight excluding hydrogens is 1020 g/mol. The molecule has 1 saturated heterocycles. The lowest BCUT2D eigenvalue weighted by atomic mass is 9.78. The van der Waals surface area contributed by atoms with Crippen molar-refractivity contribution < 1.29 is 52.3 Å². The highest BCUT2D eigenvalue weighted by Crippen LogP contribution is 2.48. The van der Waals surface area contributed by atoms with E-state index in [2.05, 4.69) is 26.6 Å². The molecule has 5 heterocycles. The Labute approximate surface area is 455 Å². The molecule has 9 rings (SSSR count). The van der Waals surface area contributed by atoms with Gasteiger partial charge in [-0.3, -0.25) is 52.8 Å². The number of β-lactam (4-membered cyclic amide) rings is 1. The Morgan fingerprint density at radius 3 is 2.24 bits per heavy atom. The van der Waals surface area contributed by atoms with Gasteiger partial charge in [-0.05, 0) is 92.2 Å². The van der Waals surface area contributed by atoms with Crippen LogP contribution in [0.4, 0.5) is 4.39 Å². The van der Waals surface area contributed by atoms with Gasteiger partial charge in [0.1, 0.15) is 24.4 Å². The third-order valence-corrected chi connectivity index (χ3v) is 16.0. The van der Waals surface area contributed by atoms with Crippen LogP contribution in [0.1, 0.15) is 123 Å². The second-order valence-electron chi connectivity index (χ2n) is 21.1. The fraction of sp³-hybridized carbons (Fsp3) is 0.466. The van der Waals surface area contributed by atoms with Crippen molar-refractivity contribution in [3.05, 3.63) is 110 Å². The first-order chi connectivity index (χ1) is 38.0. The normalized spacial score (nSPS) is 17.8. The van der Waals surface area contributed by atoms with Crippen molar-refractivity contribution in [3.8, 4) is 11.4 Å². The lowest BCUT2D eigenvalue weighted by molar-refractivity contribution is -0.168. The van der Waals surface area contributed by atoms with Crippen LogP contribution in [0.5, 0.6) is 0 Å². The number of benzene rings is 2. The number of ether oxygens (including phenoxy) is 1. The van der Waals surface area contributed by atoms with Crippen molar-refractivity contribution >= 4 is 63.9 Å². The molecule has 0 spiro atoms. The summed E-state index contributed by atoms with van der Waals surface area (Å²) < 4.78 is 23.2. The summed E-state index contributed by atoms with van der Waals surface area (Å²) in [6.45, 7) is 4.15. The molecule has 2 aromatic heterocycles. The quantitative estimate of drug-likeness (QED) is 0.0244. The summed E-state index contributed by atoms with van der Waals surface area (Å²) in [5.74, 6) is -4.58. The van der Waals surface area contributed by atoms with Gasteiger partial charge in [0.05, 0.1) is 55.7 Å². The predicted molar refractivity (Wildman–Crippen MR) is 286 cm³/mol. The zero-order valence-corrected chi connectivity index (χ0v) is 44.7.